The Balaban J connectivity index is 2.41. The summed E-state index contributed by atoms with van der Waals surface area (Å²) in [4.78, 5) is 33.0. The van der Waals surface area contributed by atoms with Gasteiger partial charge in [0.15, 0.2) is 0 Å². The van der Waals surface area contributed by atoms with Crippen molar-refractivity contribution < 1.29 is 9.90 Å². The number of nitrogens with zero attached hydrogens (tertiary/aromatic N) is 3. The molecule has 0 aliphatic rings. The summed E-state index contributed by atoms with van der Waals surface area (Å²) in [6.07, 6.45) is 3.46. The molecule has 1 aromatic carbocycles. The monoisotopic (exact) mass is 309 g/mol. The van der Waals surface area contributed by atoms with Gasteiger partial charge in [0.05, 0.1) is 10.9 Å². The fraction of sp³-hybridized carbons (Fsp3) is 0.176. The fourth-order valence-corrected chi connectivity index (χ4v) is 2.60. The SMILES string of the molecule is CCC(C(=O)O)n1c(-c2cccnc2)nc2ccccc2c1=O. The van der Waals surface area contributed by atoms with Crippen molar-refractivity contribution in [2.45, 2.75) is 19.4 Å². The highest BCUT2D eigenvalue weighted by atomic mass is 16.4. The lowest BCUT2D eigenvalue weighted by atomic mass is 10.1. The molecule has 23 heavy (non-hydrogen) atoms. The summed E-state index contributed by atoms with van der Waals surface area (Å²) in [5.41, 5.74) is 0.784. The standard InChI is InChI=1S/C17H15N3O3/c1-2-14(17(22)23)20-15(11-6-5-9-18-10-11)19-13-8-4-3-7-12(13)16(20)21/h3-10,14H,2H2,1H3,(H,22,23). The van der Waals surface area contributed by atoms with E-state index in [-0.39, 0.29) is 12.0 Å². The molecule has 6 nitrogen and oxygen atoms in total. The number of benzene rings is 1. The van der Waals surface area contributed by atoms with E-state index in [4.69, 9.17) is 0 Å². The molecule has 1 N–H and O–H groups in total. The molecular formula is C17H15N3O3. The maximum absolute atomic E-state index is 12.9. The van der Waals surface area contributed by atoms with Crippen LogP contribution >= 0.6 is 0 Å². The third kappa shape index (κ3) is 2.59. The first-order chi connectivity index (χ1) is 11.1. The molecule has 0 saturated heterocycles. The maximum atomic E-state index is 12.9. The van der Waals surface area contributed by atoms with Crippen LogP contribution < -0.4 is 5.56 Å². The highest BCUT2D eigenvalue weighted by Gasteiger charge is 2.24. The molecule has 3 aromatic rings. The Bertz CT molecular complexity index is 919. The van der Waals surface area contributed by atoms with Gasteiger partial charge in [0.25, 0.3) is 5.56 Å². The molecule has 1 atom stereocenters. The number of carboxylic acid groups (broad SMARTS) is 1. The maximum Gasteiger partial charge on any atom is 0.326 e. The van der Waals surface area contributed by atoms with Gasteiger partial charge in [-0.1, -0.05) is 19.1 Å². The second-order valence-corrected chi connectivity index (χ2v) is 5.13. The second-order valence-electron chi connectivity index (χ2n) is 5.13. The van der Waals surface area contributed by atoms with Crippen molar-refractivity contribution in [2.75, 3.05) is 0 Å². The minimum absolute atomic E-state index is 0.280. The molecule has 0 radical (unpaired) electrons. The Morgan fingerprint density at radius 3 is 2.70 bits per heavy atom. The van der Waals surface area contributed by atoms with Crippen molar-refractivity contribution in [3.63, 3.8) is 0 Å². The van der Waals surface area contributed by atoms with Crippen LogP contribution in [0.5, 0.6) is 0 Å². The predicted molar refractivity (Wildman–Crippen MR) is 86.2 cm³/mol. The lowest BCUT2D eigenvalue weighted by Crippen LogP contribution is -2.31. The van der Waals surface area contributed by atoms with Crippen LogP contribution in [0.25, 0.3) is 22.3 Å². The van der Waals surface area contributed by atoms with Crippen LogP contribution in [0.2, 0.25) is 0 Å². The van der Waals surface area contributed by atoms with Crippen LogP contribution in [0, 0.1) is 0 Å². The minimum atomic E-state index is -1.06. The van der Waals surface area contributed by atoms with E-state index >= 15 is 0 Å². The number of fused-ring (bicyclic) bond motifs is 1. The summed E-state index contributed by atoms with van der Waals surface area (Å²) in [6.45, 7) is 1.73. The number of aliphatic carboxylic acids is 1. The number of carbonyl (C=O) groups is 1. The number of carboxylic acids is 1. The van der Waals surface area contributed by atoms with Crippen molar-refractivity contribution in [2.24, 2.45) is 0 Å². The molecular weight excluding hydrogens is 294 g/mol. The third-order valence-corrected chi connectivity index (χ3v) is 3.71. The van der Waals surface area contributed by atoms with Crippen LogP contribution in [0.15, 0.2) is 53.6 Å². The number of hydrogen-bond acceptors (Lipinski definition) is 4. The van der Waals surface area contributed by atoms with Crippen molar-refractivity contribution in [1.29, 1.82) is 0 Å². The normalized spacial score (nSPS) is 12.2. The van der Waals surface area contributed by atoms with E-state index in [9.17, 15) is 14.7 Å². The number of hydrogen-bond donors (Lipinski definition) is 1. The fourth-order valence-electron chi connectivity index (χ4n) is 2.60. The molecule has 0 saturated carbocycles. The summed E-state index contributed by atoms with van der Waals surface area (Å²) in [6, 6.07) is 9.43. The number of rotatable bonds is 4. The van der Waals surface area contributed by atoms with Gasteiger partial charge in [-0.3, -0.25) is 14.3 Å². The van der Waals surface area contributed by atoms with Gasteiger partial charge >= 0.3 is 5.97 Å². The Labute approximate surface area is 132 Å². The molecule has 0 bridgehead atoms. The summed E-state index contributed by atoms with van der Waals surface area (Å²) in [5, 5.41) is 9.89. The topological polar surface area (TPSA) is 85.1 Å². The quantitative estimate of drug-likeness (QED) is 0.800. The second kappa shape index (κ2) is 6.00. The summed E-state index contributed by atoms with van der Waals surface area (Å²) in [5.74, 6) is -0.743. The van der Waals surface area contributed by atoms with Gasteiger partial charge in [-0.15, -0.1) is 0 Å². The summed E-state index contributed by atoms with van der Waals surface area (Å²) >= 11 is 0. The van der Waals surface area contributed by atoms with Crippen molar-refractivity contribution in [3.8, 4) is 11.4 Å². The molecule has 0 aliphatic heterocycles. The van der Waals surface area contributed by atoms with Crippen molar-refractivity contribution in [3.05, 3.63) is 59.1 Å². The molecule has 0 spiro atoms. The Morgan fingerprint density at radius 2 is 2.04 bits per heavy atom. The first kappa shape index (κ1) is 14.9. The Hall–Kier alpha value is -3.02. The molecule has 116 valence electrons. The molecule has 2 heterocycles. The predicted octanol–water partition coefficient (Wildman–Crippen LogP) is 2.49. The zero-order chi connectivity index (χ0) is 16.4. The van der Waals surface area contributed by atoms with Crippen molar-refractivity contribution >= 4 is 16.9 Å². The van der Waals surface area contributed by atoms with Gasteiger partial charge in [-0.25, -0.2) is 9.78 Å². The lowest BCUT2D eigenvalue weighted by molar-refractivity contribution is -0.141. The first-order valence-corrected chi connectivity index (χ1v) is 7.28. The van der Waals surface area contributed by atoms with Crippen LogP contribution in [-0.4, -0.2) is 25.6 Å². The third-order valence-electron chi connectivity index (χ3n) is 3.71. The number of pyridine rings is 1. The average Bonchev–Trinajstić information content (AvgIpc) is 2.58. The zero-order valence-electron chi connectivity index (χ0n) is 12.5. The Morgan fingerprint density at radius 1 is 1.26 bits per heavy atom. The van der Waals surface area contributed by atoms with Gasteiger partial charge in [0.2, 0.25) is 0 Å². The highest BCUT2D eigenvalue weighted by molar-refractivity contribution is 5.81. The van der Waals surface area contributed by atoms with E-state index < -0.39 is 12.0 Å². The first-order valence-electron chi connectivity index (χ1n) is 7.28. The van der Waals surface area contributed by atoms with Gasteiger partial charge < -0.3 is 5.11 Å². The van der Waals surface area contributed by atoms with E-state index in [1.165, 1.54) is 4.57 Å². The number of aromatic nitrogens is 3. The molecule has 0 fully saturated rings. The molecule has 0 aliphatic carbocycles. The summed E-state index contributed by atoms with van der Waals surface area (Å²) in [7, 11) is 0. The van der Waals surface area contributed by atoms with E-state index in [2.05, 4.69) is 9.97 Å². The van der Waals surface area contributed by atoms with Crippen LogP contribution in [-0.2, 0) is 4.79 Å². The van der Waals surface area contributed by atoms with E-state index in [1.807, 2.05) is 0 Å². The smallest absolute Gasteiger partial charge is 0.326 e. The van der Waals surface area contributed by atoms with E-state index in [0.29, 0.717) is 22.3 Å². The molecule has 2 aromatic heterocycles. The van der Waals surface area contributed by atoms with Gasteiger partial charge in [0, 0.05) is 18.0 Å². The minimum Gasteiger partial charge on any atom is -0.480 e. The van der Waals surface area contributed by atoms with Crippen LogP contribution in [0.1, 0.15) is 19.4 Å². The van der Waals surface area contributed by atoms with Gasteiger partial charge in [-0.05, 0) is 30.7 Å². The van der Waals surface area contributed by atoms with Crippen LogP contribution in [0.4, 0.5) is 0 Å². The lowest BCUT2D eigenvalue weighted by Gasteiger charge is -2.18. The van der Waals surface area contributed by atoms with Crippen molar-refractivity contribution in [1.82, 2.24) is 14.5 Å². The molecule has 1 unspecified atom stereocenters. The zero-order valence-corrected chi connectivity index (χ0v) is 12.5. The highest BCUT2D eigenvalue weighted by Crippen LogP contribution is 2.22. The Kier molecular flexibility index (Phi) is 3.89. The molecule has 3 rings (SSSR count). The van der Waals surface area contributed by atoms with Gasteiger partial charge in [0.1, 0.15) is 11.9 Å². The van der Waals surface area contributed by atoms with E-state index in [1.54, 1.807) is 55.7 Å². The molecule has 0 amide bonds. The largest absolute Gasteiger partial charge is 0.480 e. The molecule has 6 heteroatoms. The average molecular weight is 309 g/mol. The van der Waals surface area contributed by atoms with E-state index in [0.717, 1.165) is 0 Å². The number of para-hydroxylation sites is 1. The van der Waals surface area contributed by atoms with Crippen LogP contribution in [0.3, 0.4) is 0 Å². The summed E-state index contributed by atoms with van der Waals surface area (Å²) < 4.78 is 1.25. The van der Waals surface area contributed by atoms with Gasteiger partial charge in [-0.2, -0.15) is 0 Å².